The zero-order valence-electron chi connectivity index (χ0n) is 16.4. The Balaban J connectivity index is 1.80. The minimum atomic E-state index is -0.885. The fourth-order valence-corrected chi connectivity index (χ4v) is 5.48. The van der Waals surface area contributed by atoms with Gasteiger partial charge in [-0.1, -0.05) is 42.3 Å². The lowest BCUT2D eigenvalue weighted by atomic mass is 9.52. The zero-order chi connectivity index (χ0) is 19.8. The number of amides is 1. The van der Waals surface area contributed by atoms with E-state index in [-0.39, 0.29) is 11.3 Å². The van der Waals surface area contributed by atoms with E-state index in [0.29, 0.717) is 24.3 Å². The van der Waals surface area contributed by atoms with E-state index >= 15 is 0 Å². The maximum Gasteiger partial charge on any atom is 0.248 e. The van der Waals surface area contributed by atoms with Gasteiger partial charge in [-0.05, 0) is 80.2 Å². The maximum atomic E-state index is 11.7. The Kier molecular flexibility index (Phi) is 4.77. The molecule has 3 nitrogen and oxygen atoms in total. The minimum absolute atomic E-state index is 0.0350. The summed E-state index contributed by atoms with van der Waals surface area (Å²) in [6.45, 7) is 1.80. The van der Waals surface area contributed by atoms with Crippen molar-refractivity contribution in [1.82, 2.24) is 0 Å². The van der Waals surface area contributed by atoms with Crippen LogP contribution in [0.5, 0.6) is 0 Å². The van der Waals surface area contributed by atoms with E-state index in [4.69, 9.17) is 5.73 Å². The van der Waals surface area contributed by atoms with E-state index in [0.717, 1.165) is 25.7 Å². The van der Waals surface area contributed by atoms with E-state index in [1.165, 1.54) is 16.7 Å². The summed E-state index contributed by atoms with van der Waals surface area (Å²) >= 11 is 0. The van der Waals surface area contributed by atoms with Crippen LogP contribution in [0.25, 0.3) is 0 Å². The van der Waals surface area contributed by atoms with Crippen LogP contribution in [0, 0.1) is 17.8 Å². The van der Waals surface area contributed by atoms with Crippen molar-refractivity contribution in [3.8, 4) is 11.8 Å². The standard InChI is InChI=1S/C25H27NO2/c1-2-12-24(28)13-14-25(16-18-6-4-3-5-7-18)21(17-24)10-8-19-15-20(23(26)27)9-11-22(19)25/h3-7,9,11,15,21,28H,8,10,13-14,16-17H2,1H3,(H2,26,27)/t21-,24-,25+/m1/s1. The number of aryl methyl sites for hydroxylation is 1. The van der Waals surface area contributed by atoms with Crippen molar-refractivity contribution in [2.75, 3.05) is 0 Å². The number of primary amides is 1. The highest BCUT2D eigenvalue weighted by Gasteiger charge is 2.51. The average molecular weight is 373 g/mol. The molecule has 0 heterocycles. The number of carbonyl (C=O) groups is 1. The van der Waals surface area contributed by atoms with Gasteiger partial charge in [-0.2, -0.15) is 0 Å². The van der Waals surface area contributed by atoms with Crippen molar-refractivity contribution in [3.63, 3.8) is 0 Å². The molecule has 4 rings (SSSR count). The second-order valence-electron chi connectivity index (χ2n) is 8.40. The Labute approximate surface area is 167 Å². The molecule has 0 aromatic heterocycles. The lowest BCUT2D eigenvalue weighted by Gasteiger charge is -2.52. The third-order valence-electron chi connectivity index (χ3n) is 6.76. The van der Waals surface area contributed by atoms with Crippen LogP contribution in [0.15, 0.2) is 48.5 Å². The van der Waals surface area contributed by atoms with Crippen LogP contribution in [0.4, 0.5) is 0 Å². The molecule has 1 saturated carbocycles. The Morgan fingerprint density at radius 2 is 2.00 bits per heavy atom. The van der Waals surface area contributed by atoms with Gasteiger partial charge in [-0.15, -0.1) is 5.92 Å². The van der Waals surface area contributed by atoms with Gasteiger partial charge in [0.2, 0.25) is 5.91 Å². The van der Waals surface area contributed by atoms with Gasteiger partial charge in [0.25, 0.3) is 0 Å². The Morgan fingerprint density at radius 1 is 1.21 bits per heavy atom. The molecule has 2 aromatic rings. The van der Waals surface area contributed by atoms with E-state index in [9.17, 15) is 9.90 Å². The first-order chi connectivity index (χ1) is 13.5. The summed E-state index contributed by atoms with van der Waals surface area (Å²) in [7, 11) is 0. The maximum absolute atomic E-state index is 11.7. The summed E-state index contributed by atoms with van der Waals surface area (Å²) in [5, 5.41) is 11.0. The molecule has 0 bridgehead atoms. The van der Waals surface area contributed by atoms with Crippen LogP contribution in [-0.2, 0) is 18.3 Å². The molecule has 2 aromatic carbocycles. The molecule has 0 aliphatic heterocycles. The largest absolute Gasteiger partial charge is 0.378 e. The van der Waals surface area contributed by atoms with Crippen molar-refractivity contribution >= 4 is 5.91 Å². The molecule has 3 atom stereocenters. The highest BCUT2D eigenvalue weighted by atomic mass is 16.3. The monoisotopic (exact) mass is 373 g/mol. The van der Waals surface area contributed by atoms with Crippen LogP contribution < -0.4 is 5.73 Å². The van der Waals surface area contributed by atoms with Crippen LogP contribution in [0.1, 0.15) is 59.7 Å². The number of benzene rings is 2. The Morgan fingerprint density at radius 3 is 2.71 bits per heavy atom. The molecule has 2 aliphatic carbocycles. The first-order valence-corrected chi connectivity index (χ1v) is 10.1. The lowest BCUT2D eigenvalue weighted by molar-refractivity contribution is -0.00801. The SMILES string of the molecule is CC#C[C@@]1(O)CC[C@@]2(Cc3ccccc3)c3ccc(C(N)=O)cc3CC[C@@H]2C1. The van der Waals surface area contributed by atoms with E-state index in [1.54, 1.807) is 6.92 Å². The molecular formula is C25H27NO2. The van der Waals surface area contributed by atoms with Gasteiger partial charge in [0.1, 0.15) is 5.60 Å². The van der Waals surface area contributed by atoms with Gasteiger partial charge >= 0.3 is 0 Å². The minimum Gasteiger partial charge on any atom is -0.378 e. The molecule has 0 radical (unpaired) electrons. The molecule has 28 heavy (non-hydrogen) atoms. The Bertz CT molecular complexity index is 956. The van der Waals surface area contributed by atoms with Crippen LogP contribution in [0.3, 0.4) is 0 Å². The first kappa shape index (κ1) is 18.8. The van der Waals surface area contributed by atoms with E-state index < -0.39 is 5.60 Å². The van der Waals surface area contributed by atoms with Crippen molar-refractivity contribution in [1.29, 1.82) is 0 Å². The van der Waals surface area contributed by atoms with E-state index in [2.05, 4.69) is 42.2 Å². The van der Waals surface area contributed by atoms with Gasteiger partial charge in [-0.25, -0.2) is 0 Å². The predicted molar refractivity (Wildman–Crippen MR) is 111 cm³/mol. The molecule has 0 saturated heterocycles. The summed E-state index contributed by atoms with van der Waals surface area (Å²) in [4.78, 5) is 11.7. The second-order valence-corrected chi connectivity index (χ2v) is 8.40. The van der Waals surface area contributed by atoms with Gasteiger partial charge < -0.3 is 10.8 Å². The van der Waals surface area contributed by atoms with Crippen molar-refractivity contribution in [3.05, 3.63) is 70.8 Å². The smallest absolute Gasteiger partial charge is 0.248 e. The summed E-state index contributed by atoms with van der Waals surface area (Å²) in [5.41, 5.74) is 9.04. The summed E-state index contributed by atoms with van der Waals surface area (Å²) in [5.74, 6) is 5.97. The predicted octanol–water partition coefficient (Wildman–Crippen LogP) is 3.77. The average Bonchev–Trinajstić information content (AvgIpc) is 2.69. The summed E-state index contributed by atoms with van der Waals surface area (Å²) in [6.07, 6.45) is 5.12. The van der Waals surface area contributed by atoms with Gasteiger partial charge in [0.15, 0.2) is 0 Å². The molecule has 3 N–H and O–H groups in total. The number of fused-ring (bicyclic) bond motifs is 3. The van der Waals surface area contributed by atoms with Crippen molar-refractivity contribution < 1.29 is 9.90 Å². The number of aliphatic hydroxyl groups is 1. The van der Waals surface area contributed by atoms with Gasteiger partial charge in [-0.3, -0.25) is 4.79 Å². The summed E-state index contributed by atoms with van der Waals surface area (Å²) < 4.78 is 0. The quantitative estimate of drug-likeness (QED) is 0.805. The number of nitrogens with two attached hydrogens (primary N) is 1. The first-order valence-electron chi connectivity index (χ1n) is 10.1. The fourth-order valence-electron chi connectivity index (χ4n) is 5.48. The lowest BCUT2D eigenvalue weighted by Crippen LogP contribution is -2.51. The molecule has 0 unspecified atom stereocenters. The van der Waals surface area contributed by atoms with Crippen molar-refractivity contribution in [2.24, 2.45) is 11.7 Å². The highest BCUT2D eigenvalue weighted by molar-refractivity contribution is 5.93. The molecular weight excluding hydrogens is 346 g/mol. The molecule has 1 fully saturated rings. The third kappa shape index (κ3) is 3.23. The number of rotatable bonds is 3. The molecule has 3 heteroatoms. The molecule has 0 spiro atoms. The highest BCUT2D eigenvalue weighted by Crippen LogP contribution is 2.54. The normalized spacial score (nSPS) is 28.4. The number of hydrogen-bond acceptors (Lipinski definition) is 2. The number of hydrogen-bond donors (Lipinski definition) is 2. The number of carbonyl (C=O) groups excluding carboxylic acids is 1. The van der Waals surface area contributed by atoms with Crippen molar-refractivity contribution in [2.45, 2.75) is 56.5 Å². The molecule has 2 aliphatic rings. The van der Waals surface area contributed by atoms with E-state index in [1.807, 2.05) is 18.2 Å². The topological polar surface area (TPSA) is 63.3 Å². The Hall–Kier alpha value is -2.57. The third-order valence-corrected chi connectivity index (χ3v) is 6.76. The van der Waals surface area contributed by atoms with Crippen LogP contribution in [0.2, 0.25) is 0 Å². The van der Waals surface area contributed by atoms with Crippen LogP contribution >= 0.6 is 0 Å². The molecule has 1 amide bonds. The zero-order valence-corrected chi connectivity index (χ0v) is 16.4. The van der Waals surface area contributed by atoms with Crippen LogP contribution in [-0.4, -0.2) is 16.6 Å². The fraction of sp³-hybridized carbons (Fsp3) is 0.400. The second kappa shape index (κ2) is 7.11. The molecule has 144 valence electrons. The summed E-state index contributed by atoms with van der Waals surface area (Å²) in [6, 6.07) is 16.5. The van der Waals surface area contributed by atoms with Gasteiger partial charge in [0, 0.05) is 11.0 Å². The van der Waals surface area contributed by atoms with Gasteiger partial charge in [0.05, 0.1) is 0 Å².